The Balaban J connectivity index is 1.53. The van der Waals surface area contributed by atoms with Gasteiger partial charge < -0.3 is 9.84 Å². The number of amides is 1. The van der Waals surface area contributed by atoms with Gasteiger partial charge in [-0.25, -0.2) is 4.98 Å². The smallest absolute Gasteiger partial charge is 0.301 e. The molecule has 2 aliphatic heterocycles. The van der Waals surface area contributed by atoms with Crippen molar-refractivity contribution >= 4 is 67.3 Å². The Bertz CT molecular complexity index is 1600. The topological polar surface area (TPSA) is 79.7 Å². The summed E-state index contributed by atoms with van der Waals surface area (Å²) < 4.78 is 6.54. The van der Waals surface area contributed by atoms with E-state index in [9.17, 15) is 14.7 Å². The fourth-order valence-corrected chi connectivity index (χ4v) is 6.10. The Morgan fingerprint density at radius 2 is 1.81 bits per heavy atom. The molecule has 0 aliphatic carbocycles. The average Bonchev–Trinajstić information content (AvgIpc) is 3.51. The van der Waals surface area contributed by atoms with Crippen LogP contribution in [0, 0.1) is 0 Å². The van der Waals surface area contributed by atoms with Gasteiger partial charge >= 0.3 is 5.91 Å². The average molecular weight is 537 g/mol. The molecule has 1 N–H and O–H groups in total. The number of carbonyl (C=O) groups excluding carboxylic acids is 2. The van der Waals surface area contributed by atoms with Crippen LogP contribution in [0.15, 0.2) is 66.2 Å². The van der Waals surface area contributed by atoms with Crippen LogP contribution in [-0.2, 0) is 16.0 Å². The van der Waals surface area contributed by atoms with E-state index in [2.05, 4.69) is 4.98 Å². The van der Waals surface area contributed by atoms with Gasteiger partial charge in [0.15, 0.2) is 5.13 Å². The maximum absolute atomic E-state index is 13.4. The van der Waals surface area contributed by atoms with Crippen LogP contribution in [0.25, 0.3) is 16.0 Å². The molecule has 0 unspecified atom stereocenters. The zero-order chi connectivity index (χ0) is 25.1. The SMILES string of the molecule is C[C@H]1Cc2cc(C(O)=C3C(=O)C(=O)N(c4nc5ccc(Cl)cc5s4)[C@H]3c3ccc(Cl)cc3)ccc2O1. The summed E-state index contributed by atoms with van der Waals surface area (Å²) >= 11 is 13.5. The second kappa shape index (κ2) is 8.62. The third-order valence-electron chi connectivity index (χ3n) is 6.34. The number of nitrogens with zero attached hydrogens (tertiary/aromatic N) is 2. The quantitative estimate of drug-likeness (QED) is 0.182. The molecular formula is C27H18Cl2N2O4S. The van der Waals surface area contributed by atoms with E-state index in [0.29, 0.717) is 38.2 Å². The lowest BCUT2D eigenvalue weighted by Crippen LogP contribution is -2.29. The van der Waals surface area contributed by atoms with Crippen molar-refractivity contribution in [2.24, 2.45) is 0 Å². The molecule has 1 aromatic heterocycles. The highest BCUT2D eigenvalue weighted by Gasteiger charge is 2.48. The Morgan fingerprint density at radius 3 is 2.58 bits per heavy atom. The fourth-order valence-electron chi connectivity index (χ4n) is 4.70. The van der Waals surface area contributed by atoms with E-state index < -0.39 is 17.7 Å². The minimum absolute atomic E-state index is 0.00785. The van der Waals surface area contributed by atoms with Crippen molar-refractivity contribution in [2.75, 3.05) is 4.90 Å². The zero-order valence-electron chi connectivity index (χ0n) is 18.9. The number of aliphatic hydroxyl groups excluding tert-OH is 1. The lowest BCUT2D eigenvalue weighted by molar-refractivity contribution is -0.132. The van der Waals surface area contributed by atoms with Crippen LogP contribution in [-0.4, -0.2) is 27.9 Å². The molecule has 2 atom stereocenters. The summed E-state index contributed by atoms with van der Waals surface area (Å²) in [5.74, 6) is -1.04. The van der Waals surface area contributed by atoms with Gasteiger partial charge in [-0.2, -0.15) is 0 Å². The van der Waals surface area contributed by atoms with Crippen molar-refractivity contribution < 1.29 is 19.4 Å². The lowest BCUT2D eigenvalue weighted by atomic mass is 9.94. The fraction of sp³-hybridized carbons (Fsp3) is 0.148. The molecule has 0 saturated carbocycles. The highest BCUT2D eigenvalue weighted by molar-refractivity contribution is 7.22. The molecule has 180 valence electrons. The number of hydrogen-bond acceptors (Lipinski definition) is 6. The van der Waals surface area contributed by atoms with Crippen molar-refractivity contribution in [1.29, 1.82) is 0 Å². The van der Waals surface area contributed by atoms with Crippen molar-refractivity contribution in [3.05, 3.63) is 93.0 Å². The standard InChI is InChI=1S/C27H18Cl2N2O4S/c1-13-10-16-11-15(4-9-20(16)35-13)24(32)22-23(14-2-5-17(28)6-3-14)31(26(34)25(22)33)27-30-19-8-7-18(29)12-21(19)36-27/h2-9,11-13,23,32H,10H2,1H3/t13-,23-/m0/s1. The normalized spacial score (nSPS) is 20.7. The Morgan fingerprint density at radius 1 is 1.06 bits per heavy atom. The summed E-state index contributed by atoms with van der Waals surface area (Å²) in [5.41, 5.74) is 2.65. The van der Waals surface area contributed by atoms with Crippen LogP contribution in [0.4, 0.5) is 5.13 Å². The van der Waals surface area contributed by atoms with E-state index in [0.717, 1.165) is 16.0 Å². The molecule has 1 saturated heterocycles. The number of thiazole rings is 1. The van der Waals surface area contributed by atoms with Crippen molar-refractivity contribution in [1.82, 2.24) is 4.98 Å². The maximum Gasteiger partial charge on any atom is 0.301 e. The summed E-state index contributed by atoms with van der Waals surface area (Å²) in [6.45, 7) is 1.97. The summed E-state index contributed by atoms with van der Waals surface area (Å²) in [6.07, 6.45) is 0.726. The van der Waals surface area contributed by atoms with Crippen LogP contribution in [0.5, 0.6) is 5.75 Å². The first-order valence-corrected chi connectivity index (χ1v) is 12.8. The number of hydrogen-bond donors (Lipinski definition) is 1. The number of aromatic nitrogens is 1. The van der Waals surface area contributed by atoms with E-state index in [1.807, 2.05) is 6.92 Å². The van der Waals surface area contributed by atoms with Gasteiger partial charge in [0.2, 0.25) is 0 Å². The highest BCUT2D eigenvalue weighted by Crippen LogP contribution is 2.45. The van der Waals surface area contributed by atoms with Crippen LogP contribution in [0.1, 0.15) is 29.7 Å². The molecule has 4 aromatic rings. The first-order chi connectivity index (χ1) is 17.3. The number of ether oxygens (including phenoxy) is 1. The molecule has 2 aliphatic rings. The molecule has 0 spiro atoms. The van der Waals surface area contributed by atoms with Crippen LogP contribution in [0.3, 0.4) is 0 Å². The largest absolute Gasteiger partial charge is 0.507 e. The zero-order valence-corrected chi connectivity index (χ0v) is 21.2. The molecule has 1 amide bonds. The predicted molar refractivity (Wildman–Crippen MR) is 141 cm³/mol. The number of aliphatic hydroxyl groups is 1. The van der Waals surface area contributed by atoms with Gasteiger partial charge in [0.05, 0.1) is 21.8 Å². The lowest BCUT2D eigenvalue weighted by Gasteiger charge is -2.23. The first-order valence-electron chi connectivity index (χ1n) is 11.2. The minimum atomic E-state index is -0.887. The first kappa shape index (κ1) is 23.0. The second-order valence-electron chi connectivity index (χ2n) is 8.78. The highest BCUT2D eigenvalue weighted by atomic mass is 35.5. The van der Waals surface area contributed by atoms with Crippen LogP contribution in [0.2, 0.25) is 10.0 Å². The van der Waals surface area contributed by atoms with Gasteiger partial charge in [0, 0.05) is 22.0 Å². The molecular weight excluding hydrogens is 519 g/mol. The van der Waals surface area contributed by atoms with E-state index in [4.69, 9.17) is 27.9 Å². The van der Waals surface area contributed by atoms with E-state index >= 15 is 0 Å². The Hall–Kier alpha value is -3.39. The van der Waals surface area contributed by atoms with Crippen LogP contribution >= 0.6 is 34.5 Å². The number of anilines is 1. The monoisotopic (exact) mass is 536 g/mol. The molecule has 0 bridgehead atoms. The molecule has 6 nitrogen and oxygen atoms in total. The number of carbonyl (C=O) groups is 2. The maximum atomic E-state index is 13.4. The van der Waals surface area contributed by atoms with Gasteiger partial charge in [0.25, 0.3) is 5.78 Å². The number of rotatable bonds is 3. The van der Waals surface area contributed by atoms with E-state index in [1.54, 1.807) is 60.7 Å². The van der Waals surface area contributed by atoms with Gasteiger partial charge in [-0.15, -0.1) is 0 Å². The summed E-state index contributed by atoms with van der Waals surface area (Å²) in [6, 6.07) is 16.5. The predicted octanol–water partition coefficient (Wildman–Crippen LogP) is 6.55. The number of halogens is 2. The third kappa shape index (κ3) is 3.75. The van der Waals surface area contributed by atoms with Gasteiger partial charge in [-0.05, 0) is 66.6 Å². The molecule has 0 radical (unpaired) electrons. The Kier molecular flexibility index (Phi) is 5.52. The van der Waals surface area contributed by atoms with E-state index in [1.165, 1.54) is 16.2 Å². The van der Waals surface area contributed by atoms with Gasteiger partial charge in [0.1, 0.15) is 17.6 Å². The van der Waals surface area contributed by atoms with E-state index in [-0.39, 0.29) is 17.4 Å². The molecule has 9 heteroatoms. The number of fused-ring (bicyclic) bond motifs is 2. The van der Waals surface area contributed by atoms with Crippen LogP contribution < -0.4 is 9.64 Å². The molecule has 3 heterocycles. The minimum Gasteiger partial charge on any atom is -0.507 e. The number of ketones is 1. The summed E-state index contributed by atoms with van der Waals surface area (Å²) in [4.78, 5) is 32.8. The molecule has 6 rings (SSSR count). The Labute approximate surface area is 220 Å². The van der Waals surface area contributed by atoms with Crippen molar-refractivity contribution in [2.45, 2.75) is 25.5 Å². The summed E-state index contributed by atoms with van der Waals surface area (Å²) in [5, 5.41) is 12.8. The second-order valence-corrected chi connectivity index (χ2v) is 10.7. The number of benzene rings is 3. The van der Waals surface area contributed by atoms with Gasteiger partial charge in [-0.1, -0.05) is 46.7 Å². The molecule has 3 aromatic carbocycles. The van der Waals surface area contributed by atoms with Crippen molar-refractivity contribution in [3.8, 4) is 5.75 Å². The summed E-state index contributed by atoms with van der Waals surface area (Å²) in [7, 11) is 0. The van der Waals surface area contributed by atoms with Crippen molar-refractivity contribution in [3.63, 3.8) is 0 Å². The molecule has 36 heavy (non-hydrogen) atoms. The molecule has 1 fully saturated rings. The van der Waals surface area contributed by atoms with Gasteiger partial charge in [-0.3, -0.25) is 14.5 Å². The number of Topliss-reactive ketones (excluding diaryl/α,β-unsaturated/α-hetero) is 1. The third-order valence-corrected chi connectivity index (χ3v) is 7.85.